The van der Waals surface area contributed by atoms with Crippen LogP contribution < -0.4 is 0 Å². The van der Waals surface area contributed by atoms with E-state index in [0.29, 0.717) is 17.4 Å². The number of pyridine rings is 1. The minimum Gasteiger partial charge on any atom is -0.337 e. The van der Waals surface area contributed by atoms with Crippen LogP contribution in [0.4, 0.5) is 0 Å². The van der Waals surface area contributed by atoms with Crippen molar-refractivity contribution in [3.8, 4) is 11.6 Å². The summed E-state index contributed by atoms with van der Waals surface area (Å²) in [4.78, 5) is 27.7. The van der Waals surface area contributed by atoms with Gasteiger partial charge in [-0.05, 0) is 44.7 Å². The molecule has 2 aliphatic rings. The van der Waals surface area contributed by atoms with Crippen LogP contribution in [0.1, 0.15) is 32.8 Å². The lowest BCUT2D eigenvalue weighted by Gasteiger charge is -2.47. The average molecular weight is 395 g/mol. The Morgan fingerprint density at radius 1 is 1.25 bits per heavy atom. The van der Waals surface area contributed by atoms with E-state index >= 15 is 0 Å². The van der Waals surface area contributed by atoms with Crippen LogP contribution >= 0.6 is 11.3 Å². The van der Waals surface area contributed by atoms with E-state index in [1.54, 1.807) is 17.5 Å². The van der Waals surface area contributed by atoms with Gasteiger partial charge in [-0.3, -0.25) is 14.7 Å². The number of amides is 1. The summed E-state index contributed by atoms with van der Waals surface area (Å²) in [6.45, 7) is 4.53. The fourth-order valence-electron chi connectivity index (χ4n) is 4.36. The number of hydrogen-bond donors (Lipinski definition) is 0. The standard InChI is InChI=1S/C20H21N5O2S/c1-13-6-7-16(28-13)19(26)25-11-20(12-25)9-15(24(2)10-20)17-22-18(27-23-17)14-5-3-4-8-21-14/h3-8,15H,9-12H2,1-2H3. The van der Waals surface area contributed by atoms with Crippen molar-refractivity contribution in [3.63, 3.8) is 0 Å². The summed E-state index contributed by atoms with van der Waals surface area (Å²) in [5, 5.41) is 4.21. The number of nitrogens with zero attached hydrogens (tertiary/aromatic N) is 5. The lowest BCUT2D eigenvalue weighted by molar-refractivity contribution is 0.0119. The lowest BCUT2D eigenvalue weighted by Crippen LogP contribution is -2.59. The molecule has 0 N–H and O–H groups in total. The molecule has 3 aromatic rings. The second-order valence-electron chi connectivity index (χ2n) is 7.88. The van der Waals surface area contributed by atoms with Crippen molar-refractivity contribution in [1.29, 1.82) is 0 Å². The van der Waals surface area contributed by atoms with E-state index in [0.717, 1.165) is 30.9 Å². The summed E-state index contributed by atoms with van der Waals surface area (Å²) in [7, 11) is 2.09. The van der Waals surface area contributed by atoms with E-state index in [1.807, 2.05) is 42.2 Å². The van der Waals surface area contributed by atoms with Gasteiger partial charge in [-0.2, -0.15) is 4.98 Å². The van der Waals surface area contributed by atoms with Crippen molar-refractivity contribution in [2.75, 3.05) is 26.7 Å². The highest BCUT2D eigenvalue weighted by atomic mass is 32.1. The van der Waals surface area contributed by atoms with Crippen LogP contribution in [0.3, 0.4) is 0 Å². The van der Waals surface area contributed by atoms with Crippen molar-refractivity contribution in [3.05, 3.63) is 52.1 Å². The molecule has 8 heteroatoms. The Kier molecular flexibility index (Phi) is 4.06. The fourth-order valence-corrected chi connectivity index (χ4v) is 5.20. The molecule has 3 aromatic heterocycles. The van der Waals surface area contributed by atoms with E-state index in [9.17, 15) is 4.79 Å². The van der Waals surface area contributed by atoms with Gasteiger partial charge in [0.15, 0.2) is 5.82 Å². The zero-order valence-electron chi connectivity index (χ0n) is 15.8. The number of carbonyl (C=O) groups excluding carboxylic acids is 1. The molecule has 1 spiro atoms. The van der Waals surface area contributed by atoms with Gasteiger partial charge in [0.25, 0.3) is 11.8 Å². The summed E-state index contributed by atoms with van der Waals surface area (Å²) >= 11 is 1.56. The molecule has 2 aliphatic heterocycles. The number of rotatable bonds is 3. The van der Waals surface area contributed by atoms with Crippen molar-refractivity contribution in [2.45, 2.75) is 19.4 Å². The van der Waals surface area contributed by atoms with Crippen LogP contribution in [0.15, 0.2) is 41.1 Å². The van der Waals surface area contributed by atoms with Crippen LogP contribution in [0, 0.1) is 12.3 Å². The van der Waals surface area contributed by atoms with Gasteiger partial charge in [0.05, 0.1) is 10.9 Å². The van der Waals surface area contributed by atoms with E-state index < -0.39 is 0 Å². The molecule has 0 saturated carbocycles. The maximum absolute atomic E-state index is 12.6. The summed E-state index contributed by atoms with van der Waals surface area (Å²) in [5.74, 6) is 1.29. The molecule has 2 saturated heterocycles. The minimum absolute atomic E-state index is 0.0995. The molecular formula is C20H21N5O2S. The first kappa shape index (κ1) is 17.5. The third kappa shape index (κ3) is 2.93. The van der Waals surface area contributed by atoms with Gasteiger partial charge in [-0.25, -0.2) is 0 Å². The van der Waals surface area contributed by atoms with Gasteiger partial charge in [0.2, 0.25) is 0 Å². The molecule has 2 fully saturated rings. The monoisotopic (exact) mass is 395 g/mol. The first-order valence-electron chi connectivity index (χ1n) is 9.34. The van der Waals surface area contributed by atoms with Gasteiger partial charge in [0.1, 0.15) is 5.69 Å². The topological polar surface area (TPSA) is 75.4 Å². The van der Waals surface area contributed by atoms with E-state index in [-0.39, 0.29) is 17.4 Å². The molecule has 144 valence electrons. The van der Waals surface area contributed by atoms with E-state index in [1.165, 1.54) is 4.88 Å². The molecule has 0 aromatic carbocycles. The highest BCUT2D eigenvalue weighted by molar-refractivity contribution is 7.13. The van der Waals surface area contributed by atoms with Crippen molar-refractivity contribution < 1.29 is 9.32 Å². The molecule has 1 unspecified atom stereocenters. The van der Waals surface area contributed by atoms with E-state index in [2.05, 4.69) is 27.1 Å². The molecule has 5 heterocycles. The Balaban J connectivity index is 1.28. The zero-order chi connectivity index (χ0) is 19.3. The highest BCUT2D eigenvalue weighted by Crippen LogP contribution is 2.47. The highest BCUT2D eigenvalue weighted by Gasteiger charge is 2.53. The first-order chi connectivity index (χ1) is 13.5. The van der Waals surface area contributed by atoms with E-state index in [4.69, 9.17) is 4.52 Å². The van der Waals surface area contributed by atoms with Crippen LogP contribution in [0.2, 0.25) is 0 Å². The number of thiophene rings is 1. The third-order valence-electron chi connectivity index (χ3n) is 5.66. The molecule has 7 nitrogen and oxygen atoms in total. The normalized spacial score (nSPS) is 21.2. The van der Waals surface area contributed by atoms with Gasteiger partial charge in [-0.15, -0.1) is 11.3 Å². The maximum atomic E-state index is 12.6. The average Bonchev–Trinajstić information content (AvgIpc) is 3.39. The number of carbonyl (C=O) groups is 1. The molecule has 0 radical (unpaired) electrons. The van der Waals surface area contributed by atoms with Crippen LogP contribution in [0.5, 0.6) is 0 Å². The third-order valence-corrected chi connectivity index (χ3v) is 6.65. The number of aryl methyl sites for hydroxylation is 1. The first-order valence-corrected chi connectivity index (χ1v) is 10.2. The van der Waals surface area contributed by atoms with Gasteiger partial charge >= 0.3 is 0 Å². The smallest absolute Gasteiger partial charge is 0.276 e. The molecule has 5 rings (SSSR count). The molecule has 0 aliphatic carbocycles. The molecular weight excluding hydrogens is 374 g/mol. The van der Waals surface area contributed by atoms with Crippen LogP contribution in [-0.2, 0) is 0 Å². The summed E-state index contributed by atoms with van der Waals surface area (Å²) < 4.78 is 5.44. The predicted molar refractivity (Wildman–Crippen MR) is 105 cm³/mol. The molecule has 1 atom stereocenters. The van der Waals surface area contributed by atoms with Crippen molar-refractivity contribution in [2.24, 2.45) is 5.41 Å². The minimum atomic E-state index is 0.0995. The largest absolute Gasteiger partial charge is 0.337 e. The Morgan fingerprint density at radius 3 is 2.82 bits per heavy atom. The molecule has 28 heavy (non-hydrogen) atoms. The number of aromatic nitrogens is 3. The van der Waals surface area contributed by atoms with Gasteiger partial charge < -0.3 is 9.42 Å². The van der Waals surface area contributed by atoms with Crippen molar-refractivity contribution >= 4 is 17.2 Å². The Morgan fingerprint density at radius 2 is 2.11 bits per heavy atom. The second kappa shape index (κ2) is 6.49. The van der Waals surface area contributed by atoms with Gasteiger partial charge in [-0.1, -0.05) is 11.2 Å². The summed E-state index contributed by atoms with van der Waals surface area (Å²) in [6, 6.07) is 9.65. The predicted octanol–water partition coefficient (Wildman–Crippen LogP) is 3.02. The summed E-state index contributed by atoms with van der Waals surface area (Å²) in [5.41, 5.74) is 0.802. The Labute approximate surface area is 167 Å². The van der Waals surface area contributed by atoms with Crippen molar-refractivity contribution in [1.82, 2.24) is 24.9 Å². The Hall–Kier alpha value is -2.58. The Bertz CT molecular complexity index is 1010. The zero-order valence-corrected chi connectivity index (χ0v) is 16.6. The maximum Gasteiger partial charge on any atom is 0.276 e. The second-order valence-corrected chi connectivity index (χ2v) is 9.17. The number of likely N-dealkylation sites (tertiary alicyclic amines) is 2. The molecule has 0 bridgehead atoms. The van der Waals surface area contributed by atoms with Gasteiger partial charge in [0, 0.05) is 36.1 Å². The molecule has 1 amide bonds. The fraction of sp³-hybridized carbons (Fsp3) is 0.400. The van der Waals surface area contributed by atoms with Crippen LogP contribution in [-0.4, -0.2) is 57.5 Å². The quantitative estimate of drug-likeness (QED) is 0.679. The lowest BCUT2D eigenvalue weighted by atomic mass is 9.77. The number of hydrogen-bond acceptors (Lipinski definition) is 7. The van der Waals surface area contributed by atoms with Crippen LogP contribution in [0.25, 0.3) is 11.6 Å². The summed E-state index contributed by atoms with van der Waals surface area (Å²) in [6.07, 6.45) is 2.64. The SMILES string of the molecule is Cc1ccc(C(=O)N2CC3(CC(c4noc(-c5ccccn5)n4)N(C)C3)C2)s1.